The predicted octanol–water partition coefficient (Wildman–Crippen LogP) is 2.69. The molecule has 0 fully saturated rings. The van der Waals surface area contributed by atoms with Gasteiger partial charge in [0.15, 0.2) is 0 Å². The Balaban J connectivity index is 3.02. The molecule has 0 aromatic heterocycles. The van der Waals surface area contributed by atoms with Crippen LogP contribution in [0.2, 0.25) is 0 Å². The lowest BCUT2D eigenvalue weighted by atomic mass is 9.96. The number of nitrogens with one attached hydrogen (secondary N) is 1. The van der Waals surface area contributed by atoms with Crippen molar-refractivity contribution in [2.75, 3.05) is 11.9 Å². The van der Waals surface area contributed by atoms with Crippen molar-refractivity contribution in [3.05, 3.63) is 29.1 Å². The van der Waals surface area contributed by atoms with Crippen LogP contribution in [0.3, 0.4) is 0 Å². The fourth-order valence-corrected chi connectivity index (χ4v) is 1.37. The number of nitrogens with two attached hydrogens (primary N) is 1. The smallest absolute Gasteiger partial charge is 0.248 e. The minimum atomic E-state index is -0.622. The molecular formula is C13H19FN2O. The van der Waals surface area contributed by atoms with E-state index in [1.165, 1.54) is 6.07 Å². The molecule has 0 aliphatic rings. The van der Waals surface area contributed by atoms with Crippen LogP contribution in [0.5, 0.6) is 0 Å². The Bertz CT molecular complexity index is 436. The molecule has 0 spiro atoms. The number of anilines is 1. The van der Waals surface area contributed by atoms with E-state index in [-0.39, 0.29) is 11.0 Å². The number of benzene rings is 1. The number of hydrogen-bond acceptors (Lipinski definition) is 2. The second kappa shape index (κ2) is 4.73. The molecule has 0 aliphatic heterocycles. The monoisotopic (exact) mass is 238 g/mol. The van der Waals surface area contributed by atoms with Gasteiger partial charge in [-0.2, -0.15) is 0 Å². The number of carbonyl (C=O) groups is 1. The van der Waals surface area contributed by atoms with Crippen molar-refractivity contribution >= 4 is 11.6 Å². The predicted molar refractivity (Wildman–Crippen MR) is 67.6 cm³/mol. The molecule has 94 valence electrons. The van der Waals surface area contributed by atoms with E-state index < -0.39 is 11.7 Å². The van der Waals surface area contributed by atoms with Crippen LogP contribution in [0.25, 0.3) is 0 Å². The van der Waals surface area contributed by atoms with E-state index in [0.717, 1.165) is 0 Å². The van der Waals surface area contributed by atoms with Crippen molar-refractivity contribution in [3.63, 3.8) is 0 Å². The number of carbonyl (C=O) groups excluding carboxylic acids is 1. The average Bonchev–Trinajstić information content (AvgIpc) is 2.18. The van der Waals surface area contributed by atoms with E-state index in [1.807, 2.05) is 0 Å². The van der Waals surface area contributed by atoms with E-state index in [1.54, 1.807) is 13.0 Å². The third-order valence-corrected chi connectivity index (χ3v) is 2.44. The lowest BCUT2D eigenvalue weighted by Gasteiger charge is -2.21. The van der Waals surface area contributed by atoms with E-state index in [0.29, 0.717) is 17.8 Å². The minimum Gasteiger partial charge on any atom is -0.384 e. The van der Waals surface area contributed by atoms with Gasteiger partial charge in [-0.15, -0.1) is 0 Å². The summed E-state index contributed by atoms with van der Waals surface area (Å²) in [6.07, 6.45) is 0. The molecule has 0 radical (unpaired) electrons. The second-order valence-electron chi connectivity index (χ2n) is 5.41. The molecule has 1 aromatic rings. The maximum absolute atomic E-state index is 13.6. The van der Waals surface area contributed by atoms with Crippen molar-refractivity contribution in [3.8, 4) is 0 Å². The zero-order chi connectivity index (χ0) is 13.2. The van der Waals surface area contributed by atoms with Crippen molar-refractivity contribution in [2.24, 2.45) is 11.1 Å². The fourth-order valence-electron chi connectivity index (χ4n) is 1.37. The molecule has 0 saturated carbocycles. The first kappa shape index (κ1) is 13.5. The first-order valence-corrected chi connectivity index (χ1v) is 5.54. The summed E-state index contributed by atoms with van der Waals surface area (Å²) >= 11 is 0. The molecule has 0 heterocycles. The average molecular weight is 238 g/mol. The molecule has 0 aliphatic carbocycles. The summed E-state index contributed by atoms with van der Waals surface area (Å²) in [6.45, 7) is 8.58. The normalized spacial score (nSPS) is 11.4. The quantitative estimate of drug-likeness (QED) is 0.850. The summed E-state index contributed by atoms with van der Waals surface area (Å²) < 4.78 is 13.6. The van der Waals surface area contributed by atoms with Gasteiger partial charge in [-0.3, -0.25) is 4.79 Å². The minimum absolute atomic E-state index is 0.0750. The molecule has 3 nitrogen and oxygen atoms in total. The number of halogens is 1. The van der Waals surface area contributed by atoms with Crippen LogP contribution >= 0.6 is 0 Å². The maximum Gasteiger partial charge on any atom is 0.248 e. The standard InChI is InChI=1S/C13H19FN2O/c1-8-10(14)5-9(12(15)17)6-11(8)16-7-13(2,3)4/h5-6,16H,7H2,1-4H3,(H2,15,17). The SMILES string of the molecule is Cc1c(F)cc(C(N)=O)cc1NCC(C)(C)C. The highest BCUT2D eigenvalue weighted by Gasteiger charge is 2.13. The Hall–Kier alpha value is -1.58. The maximum atomic E-state index is 13.6. The first-order chi connectivity index (χ1) is 7.70. The molecule has 1 rings (SSSR count). The highest BCUT2D eigenvalue weighted by Crippen LogP contribution is 2.22. The van der Waals surface area contributed by atoms with Crippen LogP contribution in [0.1, 0.15) is 36.7 Å². The van der Waals surface area contributed by atoms with Crippen molar-refractivity contribution in [2.45, 2.75) is 27.7 Å². The molecule has 3 N–H and O–H groups in total. The van der Waals surface area contributed by atoms with Crippen LogP contribution in [0.4, 0.5) is 10.1 Å². The summed E-state index contributed by atoms with van der Waals surface area (Å²) in [5.74, 6) is -1.04. The summed E-state index contributed by atoms with van der Waals surface area (Å²) in [5.41, 5.74) is 6.53. The number of primary amides is 1. The van der Waals surface area contributed by atoms with Gasteiger partial charge in [0, 0.05) is 23.4 Å². The Morgan fingerprint density at radius 3 is 2.47 bits per heavy atom. The Morgan fingerprint density at radius 2 is 2.00 bits per heavy atom. The van der Waals surface area contributed by atoms with Crippen LogP contribution in [0, 0.1) is 18.2 Å². The van der Waals surface area contributed by atoms with Gasteiger partial charge in [-0.25, -0.2) is 4.39 Å². The van der Waals surface area contributed by atoms with Gasteiger partial charge in [0.25, 0.3) is 0 Å². The molecule has 0 atom stereocenters. The largest absolute Gasteiger partial charge is 0.384 e. The summed E-state index contributed by atoms with van der Waals surface area (Å²) in [7, 11) is 0. The zero-order valence-corrected chi connectivity index (χ0v) is 10.7. The summed E-state index contributed by atoms with van der Waals surface area (Å²) in [5, 5.41) is 3.14. The molecule has 1 amide bonds. The highest BCUT2D eigenvalue weighted by molar-refractivity contribution is 5.94. The van der Waals surface area contributed by atoms with Crippen LogP contribution < -0.4 is 11.1 Å². The highest BCUT2D eigenvalue weighted by atomic mass is 19.1. The number of rotatable bonds is 3. The Morgan fingerprint density at radius 1 is 1.41 bits per heavy atom. The molecule has 17 heavy (non-hydrogen) atoms. The lowest BCUT2D eigenvalue weighted by molar-refractivity contribution is 0.1000. The molecular weight excluding hydrogens is 219 g/mol. The van der Waals surface area contributed by atoms with Crippen molar-refractivity contribution < 1.29 is 9.18 Å². The lowest BCUT2D eigenvalue weighted by Crippen LogP contribution is -2.20. The molecule has 0 bridgehead atoms. The van der Waals surface area contributed by atoms with Crippen molar-refractivity contribution in [1.82, 2.24) is 0 Å². The van der Waals surface area contributed by atoms with Gasteiger partial charge in [-0.1, -0.05) is 20.8 Å². The fraction of sp³-hybridized carbons (Fsp3) is 0.462. The number of hydrogen-bond donors (Lipinski definition) is 2. The van der Waals surface area contributed by atoms with Gasteiger partial charge in [0.05, 0.1) is 0 Å². The third kappa shape index (κ3) is 3.73. The van der Waals surface area contributed by atoms with E-state index >= 15 is 0 Å². The molecule has 1 aromatic carbocycles. The van der Waals surface area contributed by atoms with Gasteiger partial charge in [0.2, 0.25) is 5.91 Å². The topological polar surface area (TPSA) is 55.1 Å². The van der Waals surface area contributed by atoms with Crippen LogP contribution in [0.15, 0.2) is 12.1 Å². The first-order valence-electron chi connectivity index (χ1n) is 5.54. The van der Waals surface area contributed by atoms with Crippen LogP contribution in [-0.2, 0) is 0 Å². The third-order valence-electron chi connectivity index (χ3n) is 2.44. The zero-order valence-electron chi connectivity index (χ0n) is 10.7. The Labute approximate surface area is 101 Å². The van der Waals surface area contributed by atoms with Gasteiger partial charge < -0.3 is 11.1 Å². The molecule has 4 heteroatoms. The molecule has 0 saturated heterocycles. The number of amides is 1. The van der Waals surface area contributed by atoms with E-state index in [2.05, 4.69) is 26.1 Å². The van der Waals surface area contributed by atoms with Gasteiger partial charge >= 0.3 is 0 Å². The second-order valence-corrected chi connectivity index (χ2v) is 5.41. The van der Waals surface area contributed by atoms with E-state index in [9.17, 15) is 9.18 Å². The van der Waals surface area contributed by atoms with Crippen LogP contribution in [-0.4, -0.2) is 12.5 Å². The summed E-state index contributed by atoms with van der Waals surface area (Å²) in [4.78, 5) is 11.0. The van der Waals surface area contributed by atoms with Gasteiger partial charge in [0.1, 0.15) is 5.82 Å². The van der Waals surface area contributed by atoms with E-state index in [4.69, 9.17) is 5.73 Å². The van der Waals surface area contributed by atoms with Crippen molar-refractivity contribution in [1.29, 1.82) is 0 Å². The molecule has 0 unspecified atom stereocenters. The van der Waals surface area contributed by atoms with Gasteiger partial charge in [-0.05, 0) is 24.5 Å². The Kier molecular flexibility index (Phi) is 3.76. The summed E-state index contributed by atoms with van der Waals surface area (Å²) in [6, 6.07) is 2.76.